The number of carbonyl (C=O) groups is 2. The Morgan fingerprint density at radius 3 is 2.62 bits per heavy atom. The molecule has 4 heterocycles. The molecule has 1 aliphatic heterocycles. The van der Waals surface area contributed by atoms with Gasteiger partial charge in [0.15, 0.2) is 5.65 Å². The number of hydrogen-bond acceptors (Lipinski definition) is 5. The van der Waals surface area contributed by atoms with Crippen LogP contribution in [-0.2, 0) is 0 Å². The molecule has 0 saturated carbocycles. The molecule has 0 spiro atoms. The van der Waals surface area contributed by atoms with Crippen LogP contribution in [0.1, 0.15) is 61.1 Å². The van der Waals surface area contributed by atoms with Gasteiger partial charge >= 0.3 is 6.09 Å². The van der Waals surface area contributed by atoms with E-state index in [0.717, 1.165) is 16.9 Å². The summed E-state index contributed by atoms with van der Waals surface area (Å²) in [5.74, 6) is 0.259. The molecule has 192 valence electrons. The van der Waals surface area contributed by atoms with Gasteiger partial charge in [0.25, 0.3) is 5.91 Å². The lowest BCUT2D eigenvalue weighted by atomic mass is 9.76. The van der Waals surface area contributed by atoms with Crippen molar-refractivity contribution in [3.63, 3.8) is 0 Å². The number of aromatic nitrogens is 5. The molecule has 2 atom stereocenters. The predicted octanol–water partition coefficient (Wildman–Crippen LogP) is 4.75. The maximum absolute atomic E-state index is 13.3. The Hall–Kier alpha value is -4.21. The number of piperidine rings is 1. The van der Waals surface area contributed by atoms with Crippen LogP contribution in [0.4, 0.5) is 10.6 Å². The minimum Gasteiger partial charge on any atom is -0.465 e. The third kappa shape index (κ3) is 4.78. The summed E-state index contributed by atoms with van der Waals surface area (Å²) in [5.41, 5.74) is 3.38. The predicted molar refractivity (Wildman–Crippen MR) is 139 cm³/mol. The summed E-state index contributed by atoms with van der Waals surface area (Å²) in [6, 6.07) is 11.4. The number of carbonyl (C=O) groups excluding carboxylic acids is 1. The number of rotatable bonds is 4. The van der Waals surface area contributed by atoms with Gasteiger partial charge in [-0.1, -0.05) is 38.5 Å². The van der Waals surface area contributed by atoms with Crippen molar-refractivity contribution in [1.82, 2.24) is 29.3 Å². The minimum atomic E-state index is -0.890. The van der Waals surface area contributed by atoms with Crippen molar-refractivity contribution in [3.8, 4) is 5.69 Å². The molecule has 4 aromatic rings. The van der Waals surface area contributed by atoms with Gasteiger partial charge in [0.1, 0.15) is 11.4 Å². The highest BCUT2D eigenvalue weighted by Crippen LogP contribution is 2.39. The maximum atomic E-state index is 13.3. The summed E-state index contributed by atoms with van der Waals surface area (Å²) in [7, 11) is 0. The number of anilines is 1. The van der Waals surface area contributed by atoms with Crippen LogP contribution in [0.2, 0.25) is 0 Å². The van der Waals surface area contributed by atoms with Crippen molar-refractivity contribution in [2.45, 2.75) is 52.5 Å². The second-order valence-electron chi connectivity index (χ2n) is 10.7. The van der Waals surface area contributed by atoms with Crippen molar-refractivity contribution in [2.24, 2.45) is 5.41 Å². The average Bonchev–Trinajstić information content (AvgIpc) is 3.48. The third-order valence-corrected chi connectivity index (χ3v) is 7.04. The molecule has 2 N–H and O–H groups in total. The van der Waals surface area contributed by atoms with Crippen molar-refractivity contribution >= 4 is 23.5 Å². The summed E-state index contributed by atoms with van der Waals surface area (Å²) in [6.45, 7) is 8.65. The Kier molecular flexibility index (Phi) is 6.18. The topological polar surface area (TPSA) is 118 Å². The van der Waals surface area contributed by atoms with Gasteiger partial charge in [0, 0.05) is 37.0 Å². The molecule has 5 rings (SSSR count). The molecular formula is C27H31N7O3. The van der Waals surface area contributed by atoms with Crippen LogP contribution in [-0.4, -0.2) is 59.0 Å². The van der Waals surface area contributed by atoms with E-state index < -0.39 is 6.09 Å². The molecule has 0 aliphatic carbocycles. The summed E-state index contributed by atoms with van der Waals surface area (Å²) in [5, 5.41) is 21.9. The minimum absolute atomic E-state index is 0.0563. The second-order valence-corrected chi connectivity index (χ2v) is 10.7. The first-order chi connectivity index (χ1) is 17.6. The molecule has 0 bridgehead atoms. The normalized spacial score (nSPS) is 18.2. The largest absolute Gasteiger partial charge is 0.465 e. The van der Waals surface area contributed by atoms with E-state index in [4.69, 9.17) is 5.10 Å². The van der Waals surface area contributed by atoms with Gasteiger partial charge in [-0.3, -0.25) is 4.79 Å². The lowest BCUT2D eigenvalue weighted by Gasteiger charge is -2.44. The standard InChI is InChI=1S/C27H31N7O3/c1-17-6-8-19(9-7-17)34-23(30-25(35)20-16-29-33-12-5-11-28-24(20)33)15-21(31-34)18-10-13-32(26(36)37)22(14-18)27(2,3)4/h5-9,11-12,15-16,18,22H,10,13-14H2,1-4H3,(H,30,35)(H,36,37). The first-order valence-electron chi connectivity index (χ1n) is 12.4. The second kappa shape index (κ2) is 9.34. The molecule has 2 amide bonds. The Bertz CT molecular complexity index is 1450. The Labute approximate surface area is 214 Å². The molecule has 2 unspecified atom stereocenters. The quantitative estimate of drug-likeness (QED) is 0.417. The summed E-state index contributed by atoms with van der Waals surface area (Å²) < 4.78 is 3.29. The van der Waals surface area contributed by atoms with E-state index in [2.05, 4.69) is 36.2 Å². The number of nitrogens with zero attached hydrogens (tertiary/aromatic N) is 6. The molecule has 3 aromatic heterocycles. The zero-order valence-electron chi connectivity index (χ0n) is 21.4. The number of carboxylic acid groups (broad SMARTS) is 1. The highest BCUT2D eigenvalue weighted by molar-refractivity contribution is 6.07. The smallest absolute Gasteiger partial charge is 0.407 e. The van der Waals surface area contributed by atoms with Crippen molar-refractivity contribution in [2.75, 3.05) is 11.9 Å². The molecule has 37 heavy (non-hydrogen) atoms. The van der Waals surface area contributed by atoms with Gasteiger partial charge in [0.05, 0.1) is 17.6 Å². The Morgan fingerprint density at radius 2 is 1.92 bits per heavy atom. The number of likely N-dealkylation sites (tertiary alicyclic amines) is 1. The van der Waals surface area contributed by atoms with Gasteiger partial charge in [-0.25, -0.2) is 19.0 Å². The van der Waals surface area contributed by atoms with Crippen molar-refractivity contribution in [1.29, 1.82) is 0 Å². The molecular weight excluding hydrogens is 470 g/mol. The third-order valence-electron chi connectivity index (χ3n) is 7.04. The van der Waals surface area contributed by atoms with Gasteiger partial charge in [-0.2, -0.15) is 10.2 Å². The lowest BCUT2D eigenvalue weighted by molar-refractivity contribution is 0.0520. The maximum Gasteiger partial charge on any atom is 0.407 e. The van der Waals surface area contributed by atoms with Crippen LogP contribution in [0.25, 0.3) is 11.3 Å². The molecule has 10 heteroatoms. The number of benzene rings is 1. The van der Waals surface area contributed by atoms with Crippen molar-refractivity contribution in [3.05, 3.63) is 71.8 Å². The van der Waals surface area contributed by atoms with Crippen LogP contribution in [0.15, 0.2) is 55.0 Å². The van der Waals surface area contributed by atoms with Crippen LogP contribution < -0.4 is 5.32 Å². The number of fused-ring (bicyclic) bond motifs is 1. The molecule has 1 saturated heterocycles. The van der Waals surface area contributed by atoms with E-state index in [1.807, 2.05) is 37.3 Å². The zero-order valence-corrected chi connectivity index (χ0v) is 21.4. The fourth-order valence-electron chi connectivity index (χ4n) is 5.03. The molecule has 0 radical (unpaired) electrons. The fourth-order valence-corrected chi connectivity index (χ4v) is 5.03. The molecule has 1 aromatic carbocycles. The summed E-state index contributed by atoms with van der Waals surface area (Å²) >= 11 is 0. The van der Waals surface area contributed by atoms with Gasteiger partial charge in [0.2, 0.25) is 0 Å². The molecule has 1 fully saturated rings. The van der Waals surface area contributed by atoms with Crippen LogP contribution in [0.5, 0.6) is 0 Å². The van der Waals surface area contributed by atoms with Crippen LogP contribution in [0, 0.1) is 12.3 Å². The summed E-state index contributed by atoms with van der Waals surface area (Å²) in [6.07, 6.45) is 5.29. The van der Waals surface area contributed by atoms with Gasteiger partial charge in [-0.05, 0) is 43.4 Å². The first kappa shape index (κ1) is 24.5. The monoisotopic (exact) mass is 501 g/mol. The summed E-state index contributed by atoms with van der Waals surface area (Å²) in [4.78, 5) is 31.0. The highest BCUT2D eigenvalue weighted by Gasteiger charge is 2.40. The first-order valence-corrected chi connectivity index (χ1v) is 12.4. The van der Waals surface area contributed by atoms with E-state index in [9.17, 15) is 14.7 Å². The van der Waals surface area contributed by atoms with E-state index in [1.54, 1.807) is 32.6 Å². The number of amides is 2. The van der Waals surface area contributed by atoms with Gasteiger partial charge in [-0.15, -0.1) is 0 Å². The lowest BCUT2D eigenvalue weighted by Crippen LogP contribution is -2.51. The number of nitrogens with one attached hydrogen (secondary N) is 1. The van der Waals surface area contributed by atoms with E-state index in [0.29, 0.717) is 36.4 Å². The Balaban J connectivity index is 1.50. The molecule has 10 nitrogen and oxygen atoms in total. The average molecular weight is 502 g/mol. The number of hydrogen-bond donors (Lipinski definition) is 2. The fraction of sp³-hybridized carbons (Fsp3) is 0.370. The zero-order chi connectivity index (χ0) is 26.3. The van der Waals surface area contributed by atoms with E-state index in [-0.39, 0.29) is 23.3 Å². The Morgan fingerprint density at radius 1 is 1.16 bits per heavy atom. The van der Waals surface area contributed by atoms with Gasteiger partial charge < -0.3 is 15.3 Å². The highest BCUT2D eigenvalue weighted by atomic mass is 16.4. The molecule has 1 aliphatic rings. The van der Waals surface area contributed by atoms with Crippen LogP contribution in [0.3, 0.4) is 0 Å². The van der Waals surface area contributed by atoms with Crippen LogP contribution >= 0.6 is 0 Å². The number of aryl methyl sites for hydroxylation is 1. The SMILES string of the molecule is Cc1ccc(-n2nc(C3CCN(C(=O)O)C(C(C)(C)C)C3)cc2NC(=O)c2cnn3cccnc23)cc1. The van der Waals surface area contributed by atoms with Crippen molar-refractivity contribution < 1.29 is 14.7 Å². The van der Waals surface area contributed by atoms with E-state index in [1.165, 1.54) is 6.20 Å². The van der Waals surface area contributed by atoms with E-state index >= 15 is 0 Å².